The predicted octanol–water partition coefficient (Wildman–Crippen LogP) is 14.8. The van der Waals surface area contributed by atoms with Gasteiger partial charge in [0.1, 0.15) is 0 Å². The van der Waals surface area contributed by atoms with Crippen molar-refractivity contribution in [3.63, 3.8) is 0 Å². The lowest BCUT2D eigenvalue weighted by Gasteiger charge is -2.30. The van der Waals surface area contributed by atoms with E-state index >= 15 is 0 Å². The maximum absolute atomic E-state index is 2.58. The van der Waals surface area contributed by atoms with E-state index in [1.165, 1.54) is 121 Å². The van der Waals surface area contributed by atoms with Crippen LogP contribution in [0.3, 0.4) is 0 Å². The van der Waals surface area contributed by atoms with Crippen LogP contribution < -0.4 is 0 Å². The maximum Gasteiger partial charge on any atom is 0.0165 e. The molecule has 0 fully saturated rings. The van der Waals surface area contributed by atoms with Gasteiger partial charge in [-0.1, -0.05) is 179 Å². The summed E-state index contributed by atoms with van der Waals surface area (Å²) >= 11 is 0. The molecule has 0 heterocycles. The number of benzene rings is 10. The van der Waals surface area contributed by atoms with Crippen LogP contribution in [0.15, 0.2) is 158 Å². The van der Waals surface area contributed by atoms with E-state index in [-0.39, 0.29) is 10.8 Å². The summed E-state index contributed by atoms with van der Waals surface area (Å²) in [5, 5.41) is 13.1. The summed E-state index contributed by atoms with van der Waals surface area (Å²) in [6.45, 7) is 9.77. The predicted molar refractivity (Wildman–Crippen MR) is 231 cm³/mol. The summed E-state index contributed by atoms with van der Waals surface area (Å²) in [5.41, 5.74) is 16.3. The molecule has 2 aliphatic carbocycles. The number of hydrogen-bond acceptors (Lipinski definition) is 0. The summed E-state index contributed by atoms with van der Waals surface area (Å²) in [6.07, 6.45) is 0. The monoisotopic (exact) mass is 686 g/mol. The fourth-order valence-electron chi connectivity index (χ4n) is 11.1. The largest absolute Gasteiger partial charge is 0.0619 e. The average Bonchev–Trinajstić information content (AvgIpc) is 3.58. The van der Waals surface area contributed by atoms with Crippen LogP contribution in [-0.4, -0.2) is 0 Å². The first-order valence-electron chi connectivity index (χ1n) is 19.4. The van der Waals surface area contributed by atoms with Gasteiger partial charge in [-0.05, 0) is 127 Å². The minimum absolute atomic E-state index is 0.120. The third-order valence-electron chi connectivity index (χ3n) is 13.3. The van der Waals surface area contributed by atoms with Gasteiger partial charge in [0.2, 0.25) is 0 Å². The van der Waals surface area contributed by atoms with Crippen molar-refractivity contribution >= 4 is 53.9 Å². The van der Waals surface area contributed by atoms with Crippen molar-refractivity contribution in [1.82, 2.24) is 0 Å². The lowest BCUT2D eigenvalue weighted by molar-refractivity contribution is 0.649. The van der Waals surface area contributed by atoms with E-state index in [1.54, 1.807) is 0 Å². The van der Waals surface area contributed by atoms with Gasteiger partial charge in [0, 0.05) is 10.8 Å². The van der Waals surface area contributed by atoms with Crippen LogP contribution in [0.5, 0.6) is 0 Å². The molecule has 0 saturated carbocycles. The van der Waals surface area contributed by atoms with Gasteiger partial charge in [0.05, 0.1) is 0 Å². The number of fused-ring (bicyclic) bond motifs is 9. The molecule has 0 unspecified atom stereocenters. The molecular weight excluding hydrogens is 649 g/mol. The molecule has 0 heteroatoms. The topological polar surface area (TPSA) is 0 Å². The molecule has 254 valence electrons. The first-order chi connectivity index (χ1) is 26.3. The van der Waals surface area contributed by atoms with Crippen LogP contribution in [0.25, 0.3) is 98.4 Å². The van der Waals surface area contributed by atoms with Gasteiger partial charge >= 0.3 is 0 Å². The molecule has 0 bridgehead atoms. The van der Waals surface area contributed by atoms with E-state index in [0.29, 0.717) is 0 Å². The Bertz CT molecular complexity index is 3190. The summed E-state index contributed by atoms with van der Waals surface area (Å²) in [4.78, 5) is 0. The highest BCUT2D eigenvalue weighted by molar-refractivity contribution is 6.29. The quantitative estimate of drug-likeness (QED) is 0.125. The van der Waals surface area contributed by atoms with Crippen molar-refractivity contribution < 1.29 is 0 Å². The zero-order valence-corrected chi connectivity index (χ0v) is 31.0. The zero-order chi connectivity index (χ0) is 36.1. The Hall–Kier alpha value is -6.24. The van der Waals surface area contributed by atoms with E-state index in [0.717, 1.165) is 0 Å². The molecule has 0 N–H and O–H groups in total. The molecule has 0 atom stereocenters. The van der Waals surface area contributed by atoms with Gasteiger partial charge in [0.25, 0.3) is 0 Å². The minimum atomic E-state index is -0.186. The fourth-order valence-corrected chi connectivity index (χ4v) is 11.1. The Morgan fingerprint density at radius 1 is 0.296 bits per heavy atom. The Kier molecular flexibility index (Phi) is 5.74. The van der Waals surface area contributed by atoms with Crippen molar-refractivity contribution in [3.05, 3.63) is 180 Å². The van der Waals surface area contributed by atoms with Gasteiger partial charge in [-0.2, -0.15) is 0 Å². The molecular formula is C54H38. The Morgan fingerprint density at radius 3 is 1.39 bits per heavy atom. The Labute approximate surface area is 315 Å². The lowest BCUT2D eigenvalue weighted by atomic mass is 9.73. The second-order valence-corrected chi connectivity index (χ2v) is 16.7. The minimum Gasteiger partial charge on any atom is -0.0619 e. The third kappa shape index (κ3) is 3.64. The standard InChI is InChI=1S/C54H38/c1-53(2)44-22-11-9-16-34(44)42-30-43(52-50(51(42)53)41-21-10-12-23-45(41)54(52,3)4)49-37-19-7-5-17-35(37)48(36-18-6-8-20-38(36)49)40-29-27-33-25-24-31-14-13-15-32-26-28-39(40)47(33)46(31)32/h5-30H,1-4H3. The van der Waals surface area contributed by atoms with Gasteiger partial charge in [-0.15, -0.1) is 0 Å². The molecule has 0 aromatic heterocycles. The van der Waals surface area contributed by atoms with Gasteiger partial charge in [-0.25, -0.2) is 0 Å². The van der Waals surface area contributed by atoms with Crippen molar-refractivity contribution in [2.24, 2.45) is 0 Å². The summed E-state index contributed by atoms with van der Waals surface area (Å²) in [6, 6.07) is 60.0. The molecule has 0 amide bonds. The first kappa shape index (κ1) is 30.2. The van der Waals surface area contributed by atoms with Crippen LogP contribution >= 0.6 is 0 Å². The fraction of sp³-hybridized carbons (Fsp3) is 0.111. The lowest BCUT2D eigenvalue weighted by Crippen LogP contribution is -2.19. The highest BCUT2D eigenvalue weighted by Gasteiger charge is 2.46. The molecule has 2 aliphatic rings. The van der Waals surface area contributed by atoms with E-state index in [9.17, 15) is 0 Å². The summed E-state index contributed by atoms with van der Waals surface area (Å²) in [5.74, 6) is 0. The molecule has 12 rings (SSSR count). The van der Waals surface area contributed by atoms with Crippen molar-refractivity contribution in [3.8, 4) is 44.5 Å². The zero-order valence-electron chi connectivity index (χ0n) is 31.0. The molecule has 54 heavy (non-hydrogen) atoms. The summed E-state index contributed by atoms with van der Waals surface area (Å²) in [7, 11) is 0. The van der Waals surface area contributed by atoms with Gasteiger partial charge in [-0.3, -0.25) is 0 Å². The molecule has 0 aliphatic heterocycles. The van der Waals surface area contributed by atoms with Crippen LogP contribution in [0.2, 0.25) is 0 Å². The maximum atomic E-state index is 2.58. The normalized spacial score (nSPS) is 15.0. The number of hydrogen-bond donors (Lipinski definition) is 0. The van der Waals surface area contributed by atoms with Crippen LogP contribution in [-0.2, 0) is 10.8 Å². The Balaban J connectivity index is 1.25. The van der Waals surface area contributed by atoms with Gasteiger partial charge < -0.3 is 0 Å². The van der Waals surface area contributed by atoms with Crippen LogP contribution in [0.4, 0.5) is 0 Å². The second kappa shape index (κ2) is 10.2. The second-order valence-electron chi connectivity index (χ2n) is 16.7. The molecule has 0 radical (unpaired) electrons. The molecule has 10 aromatic rings. The SMILES string of the molecule is CC1(C)c2ccccc2-c2cc(-c3c4ccccc4c(-c4ccc5ccc6cccc7ccc4c5c67)c4ccccc34)c3c(c21)-c1ccccc1C3(C)C. The Morgan fingerprint density at radius 2 is 0.759 bits per heavy atom. The van der Waals surface area contributed by atoms with Gasteiger partial charge in [0.15, 0.2) is 0 Å². The molecule has 10 aromatic carbocycles. The van der Waals surface area contributed by atoms with Crippen molar-refractivity contribution in [2.75, 3.05) is 0 Å². The molecule has 0 saturated heterocycles. The smallest absolute Gasteiger partial charge is 0.0165 e. The van der Waals surface area contributed by atoms with E-state index in [1.807, 2.05) is 0 Å². The van der Waals surface area contributed by atoms with Crippen LogP contribution in [0, 0.1) is 0 Å². The van der Waals surface area contributed by atoms with E-state index in [2.05, 4.69) is 185 Å². The molecule has 0 nitrogen and oxygen atoms in total. The van der Waals surface area contributed by atoms with Crippen molar-refractivity contribution in [1.29, 1.82) is 0 Å². The number of rotatable bonds is 2. The highest BCUT2D eigenvalue weighted by Crippen LogP contribution is 2.62. The van der Waals surface area contributed by atoms with Crippen molar-refractivity contribution in [2.45, 2.75) is 38.5 Å². The van der Waals surface area contributed by atoms with E-state index < -0.39 is 0 Å². The first-order valence-corrected chi connectivity index (χ1v) is 19.4. The van der Waals surface area contributed by atoms with E-state index in [4.69, 9.17) is 0 Å². The molecule has 0 spiro atoms. The van der Waals surface area contributed by atoms with Crippen LogP contribution in [0.1, 0.15) is 49.9 Å². The average molecular weight is 687 g/mol. The third-order valence-corrected chi connectivity index (χ3v) is 13.3. The highest BCUT2D eigenvalue weighted by atomic mass is 14.5. The summed E-state index contributed by atoms with van der Waals surface area (Å²) < 4.78 is 0.